The highest BCUT2D eigenvalue weighted by atomic mass is 19.4. The maximum Gasteiger partial charge on any atom is 0.573 e. The SMILES string of the molecule is Cn1nc(C2CCN(CC(=O)Nc3ccc(OC(F)(F)F)cc3)CC2)n(-c2ccccc2)c1=O. The van der Waals surface area contributed by atoms with Crippen LogP contribution in [0.1, 0.15) is 24.6 Å². The number of carbonyl (C=O) groups is 1. The van der Waals surface area contributed by atoms with Gasteiger partial charge >= 0.3 is 12.1 Å². The lowest BCUT2D eigenvalue weighted by atomic mass is 9.95. The van der Waals surface area contributed by atoms with Gasteiger partial charge in [-0.15, -0.1) is 13.2 Å². The van der Waals surface area contributed by atoms with Gasteiger partial charge in [0.25, 0.3) is 0 Å². The maximum absolute atomic E-state index is 12.6. The zero-order valence-electron chi connectivity index (χ0n) is 18.5. The fourth-order valence-electron chi connectivity index (χ4n) is 4.06. The second-order valence-corrected chi connectivity index (χ2v) is 8.11. The number of hydrogen-bond donors (Lipinski definition) is 1. The van der Waals surface area contributed by atoms with Crippen LogP contribution in [0.3, 0.4) is 0 Å². The Hall–Kier alpha value is -3.60. The summed E-state index contributed by atoms with van der Waals surface area (Å²) < 4.78 is 43.6. The normalized spacial score (nSPS) is 15.3. The molecule has 1 aromatic heterocycles. The van der Waals surface area contributed by atoms with Gasteiger partial charge in [0.1, 0.15) is 11.6 Å². The van der Waals surface area contributed by atoms with Crippen LogP contribution in [-0.4, -0.2) is 51.2 Å². The summed E-state index contributed by atoms with van der Waals surface area (Å²) in [6.45, 7) is 1.45. The van der Waals surface area contributed by atoms with Gasteiger partial charge in [-0.3, -0.25) is 9.69 Å². The van der Waals surface area contributed by atoms with Crippen molar-refractivity contribution < 1.29 is 22.7 Å². The first kappa shape index (κ1) is 23.6. The molecule has 1 N–H and O–H groups in total. The topological polar surface area (TPSA) is 81.4 Å². The molecule has 0 spiro atoms. The molecular formula is C23H24F3N5O3. The number of nitrogens with one attached hydrogen (secondary N) is 1. The van der Waals surface area contributed by atoms with E-state index in [9.17, 15) is 22.8 Å². The fourth-order valence-corrected chi connectivity index (χ4v) is 4.06. The maximum atomic E-state index is 12.6. The molecule has 180 valence electrons. The monoisotopic (exact) mass is 475 g/mol. The van der Waals surface area contributed by atoms with Crippen LogP contribution in [-0.2, 0) is 11.8 Å². The summed E-state index contributed by atoms with van der Waals surface area (Å²) in [6, 6.07) is 14.4. The number of para-hydroxylation sites is 1. The van der Waals surface area contributed by atoms with E-state index in [-0.39, 0.29) is 29.8 Å². The predicted molar refractivity (Wildman–Crippen MR) is 119 cm³/mol. The van der Waals surface area contributed by atoms with Gasteiger partial charge in [-0.1, -0.05) is 18.2 Å². The molecule has 0 aliphatic carbocycles. The molecule has 1 saturated heterocycles. The van der Waals surface area contributed by atoms with Crippen molar-refractivity contribution in [3.63, 3.8) is 0 Å². The summed E-state index contributed by atoms with van der Waals surface area (Å²) in [5.74, 6) is 0.177. The van der Waals surface area contributed by atoms with E-state index in [0.717, 1.165) is 30.7 Å². The van der Waals surface area contributed by atoms with E-state index in [2.05, 4.69) is 15.2 Å². The second-order valence-electron chi connectivity index (χ2n) is 8.11. The first-order chi connectivity index (χ1) is 16.2. The van der Waals surface area contributed by atoms with Gasteiger partial charge in [0, 0.05) is 18.7 Å². The number of anilines is 1. The van der Waals surface area contributed by atoms with Gasteiger partial charge < -0.3 is 10.1 Å². The molecule has 1 amide bonds. The Kier molecular flexibility index (Phi) is 6.73. The molecule has 34 heavy (non-hydrogen) atoms. The van der Waals surface area contributed by atoms with Gasteiger partial charge in [-0.25, -0.2) is 14.0 Å². The highest BCUT2D eigenvalue weighted by Crippen LogP contribution is 2.28. The van der Waals surface area contributed by atoms with E-state index in [1.165, 1.54) is 16.8 Å². The number of carbonyl (C=O) groups excluding carboxylic acids is 1. The predicted octanol–water partition coefficient (Wildman–Crippen LogP) is 3.29. The summed E-state index contributed by atoms with van der Waals surface area (Å²) in [7, 11) is 1.63. The Morgan fingerprint density at radius 3 is 2.35 bits per heavy atom. The van der Waals surface area contributed by atoms with Crippen LogP contribution >= 0.6 is 0 Å². The number of likely N-dealkylation sites (tertiary alicyclic amines) is 1. The highest BCUT2D eigenvalue weighted by molar-refractivity contribution is 5.92. The summed E-state index contributed by atoms with van der Waals surface area (Å²) in [5.41, 5.74) is 0.952. The largest absolute Gasteiger partial charge is 0.573 e. The molecule has 4 rings (SSSR count). The van der Waals surface area contributed by atoms with Crippen LogP contribution in [0.15, 0.2) is 59.4 Å². The first-order valence-corrected chi connectivity index (χ1v) is 10.8. The number of ether oxygens (including phenoxy) is 1. The summed E-state index contributed by atoms with van der Waals surface area (Å²) in [6.07, 6.45) is -3.29. The number of alkyl halides is 3. The second kappa shape index (κ2) is 9.72. The Morgan fingerprint density at radius 2 is 1.74 bits per heavy atom. The van der Waals surface area contributed by atoms with Crippen molar-refractivity contribution in [3.05, 3.63) is 70.9 Å². The number of nitrogens with zero attached hydrogens (tertiary/aromatic N) is 4. The molecule has 0 atom stereocenters. The summed E-state index contributed by atoms with van der Waals surface area (Å²) in [5, 5.41) is 7.16. The van der Waals surface area contributed by atoms with E-state index in [0.29, 0.717) is 24.6 Å². The van der Waals surface area contributed by atoms with E-state index in [1.807, 2.05) is 35.2 Å². The van der Waals surface area contributed by atoms with Crippen LogP contribution in [0.5, 0.6) is 5.75 Å². The number of aromatic nitrogens is 3. The highest BCUT2D eigenvalue weighted by Gasteiger charge is 2.31. The minimum Gasteiger partial charge on any atom is -0.406 e. The fraction of sp³-hybridized carbons (Fsp3) is 0.348. The molecule has 1 fully saturated rings. The number of rotatable bonds is 6. The molecule has 0 bridgehead atoms. The Labute approximate surface area is 193 Å². The van der Waals surface area contributed by atoms with Crippen molar-refractivity contribution in [1.82, 2.24) is 19.2 Å². The van der Waals surface area contributed by atoms with Crippen LogP contribution in [0, 0.1) is 0 Å². The van der Waals surface area contributed by atoms with Gasteiger partial charge in [-0.05, 0) is 62.3 Å². The lowest BCUT2D eigenvalue weighted by Gasteiger charge is -2.31. The third kappa shape index (κ3) is 5.66. The van der Waals surface area contributed by atoms with Crippen LogP contribution in [0.2, 0.25) is 0 Å². The lowest BCUT2D eigenvalue weighted by molar-refractivity contribution is -0.274. The van der Waals surface area contributed by atoms with E-state index in [1.54, 1.807) is 11.6 Å². The minimum absolute atomic E-state index is 0.0783. The molecule has 2 heterocycles. The molecule has 0 unspecified atom stereocenters. The van der Waals surface area contributed by atoms with Gasteiger partial charge in [-0.2, -0.15) is 5.10 Å². The Balaban J connectivity index is 1.33. The van der Waals surface area contributed by atoms with Gasteiger partial charge in [0.15, 0.2) is 0 Å². The lowest BCUT2D eigenvalue weighted by Crippen LogP contribution is -2.39. The number of benzene rings is 2. The van der Waals surface area contributed by atoms with E-state index < -0.39 is 6.36 Å². The number of hydrogen-bond acceptors (Lipinski definition) is 5. The van der Waals surface area contributed by atoms with Crippen molar-refractivity contribution in [2.75, 3.05) is 25.0 Å². The van der Waals surface area contributed by atoms with E-state index >= 15 is 0 Å². The first-order valence-electron chi connectivity index (χ1n) is 10.8. The minimum atomic E-state index is -4.76. The number of aryl methyl sites for hydroxylation is 1. The molecule has 3 aromatic rings. The molecule has 0 radical (unpaired) electrons. The third-order valence-corrected chi connectivity index (χ3v) is 5.66. The molecule has 1 aliphatic heterocycles. The molecular weight excluding hydrogens is 451 g/mol. The van der Waals surface area contributed by atoms with Crippen LogP contribution < -0.4 is 15.7 Å². The molecule has 2 aromatic carbocycles. The summed E-state index contributed by atoms with van der Waals surface area (Å²) >= 11 is 0. The van der Waals surface area contributed by atoms with Crippen molar-refractivity contribution >= 4 is 11.6 Å². The zero-order chi connectivity index (χ0) is 24.3. The smallest absolute Gasteiger partial charge is 0.406 e. The average molecular weight is 475 g/mol. The Morgan fingerprint density at radius 1 is 1.09 bits per heavy atom. The van der Waals surface area contributed by atoms with E-state index in [4.69, 9.17) is 0 Å². The van der Waals surface area contributed by atoms with Crippen molar-refractivity contribution in [3.8, 4) is 11.4 Å². The van der Waals surface area contributed by atoms with Crippen molar-refractivity contribution in [1.29, 1.82) is 0 Å². The van der Waals surface area contributed by atoms with Gasteiger partial charge in [0.05, 0.1) is 12.2 Å². The molecule has 0 saturated carbocycles. The molecule has 1 aliphatic rings. The third-order valence-electron chi connectivity index (χ3n) is 5.66. The number of halogens is 3. The summed E-state index contributed by atoms with van der Waals surface area (Å²) in [4.78, 5) is 27.1. The van der Waals surface area contributed by atoms with Crippen LogP contribution in [0.25, 0.3) is 5.69 Å². The average Bonchev–Trinajstić information content (AvgIpc) is 3.09. The zero-order valence-corrected chi connectivity index (χ0v) is 18.5. The quantitative estimate of drug-likeness (QED) is 0.592. The number of piperidine rings is 1. The van der Waals surface area contributed by atoms with Gasteiger partial charge in [0.2, 0.25) is 5.91 Å². The Bertz CT molecular complexity index is 1180. The van der Waals surface area contributed by atoms with Crippen LogP contribution in [0.4, 0.5) is 18.9 Å². The standard InChI is InChI=1S/C23H24F3N5O3/c1-29-22(33)31(18-5-3-2-4-6-18)21(28-29)16-11-13-30(14-12-16)15-20(32)27-17-7-9-19(10-8-17)34-23(24,25)26/h2-10,16H,11-15H2,1H3,(H,27,32). The molecule has 11 heteroatoms. The number of amides is 1. The van der Waals surface area contributed by atoms with Crippen molar-refractivity contribution in [2.24, 2.45) is 7.05 Å². The molecule has 8 nitrogen and oxygen atoms in total. The van der Waals surface area contributed by atoms with Crippen molar-refractivity contribution in [2.45, 2.75) is 25.1 Å².